The van der Waals surface area contributed by atoms with Gasteiger partial charge in [0.2, 0.25) is 0 Å². The minimum absolute atomic E-state index is 0.0186. The molecule has 0 heterocycles. The number of methoxy groups -OCH3 is 6. The van der Waals surface area contributed by atoms with Crippen molar-refractivity contribution < 1.29 is 47.6 Å². The first-order valence-electron chi connectivity index (χ1n) is 20.1. The fourth-order valence-corrected chi connectivity index (χ4v) is 5.61. The highest BCUT2D eigenvalue weighted by Crippen LogP contribution is 2.25. The molecule has 0 radical (unpaired) electrons. The molecule has 10 heteroatoms. The molecule has 332 valence electrons. The van der Waals surface area contributed by atoms with Crippen LogP contribution in [0, 0.1) is 0 Å². The number of carbonyl (C=O) groups excluding carboxylic acids is 4. The summed E-state index contributed by atoms with van der Waals surface area (Å²) in [5.41, 5.74) is 5.07. The zero-order chi connectivity index (χ0) is 47.0. The van der Waals surface area contributed by atoms with E-state index in [1.54, 1.807) is 105 Å². The van der Waals surface area contributed by atoms with E-state index in [0.29, 0.717) is 16.7 Å². The Hall–Kier alpha value is -7.72. The largest absolute Gasteiger partial charge is 0.497 e. The summed E-state index contributed by atoms with van der Waals surface area (Å²) < 4.78 is 30.2. The van der Waals surface area contributed by atoms with E-state index in [-0.39, 0.29) is 23.1 Å². The van der Waals surface area contributed by atoms with Crippen LogP contribution in [0.2, 0.25) is 0 Å². The smallest absolute Gasteiger partial charge is 0.159 e. The van der Waals surface area contributed by atoms with E-state index in [0.717, 1.165) is 50.8 Å². The van der Waals surface area contributed by atoms with Crippen LogP contribution in [-0.4, -0.2) is 65.8 Å². The van der Waals surface area contributed by atoms with Gasteiger partial charge in [0.15, 0.2) is 23.1 Å². The van der Waals surface area contributed by atoms with E-state index in [4.69, 9.17) is 28.4 Å². The fraction of sp³-hybridized carbons (Fsp3) is 0.185. The molecule has 0 aliphatic carbocycles. The van der Waals surface area contributed by atoms with Crippen molar-refractivity contribution in [3.63, 3.8) is 0 Å². The van der Waals surface area contributed by atoms with Gasteiger partial charge in [0.1, 0.15) is 34.5 Å². The molecule has 0 fully saturated rings. The van der Waals surface area contributed by atoms with Crippen LogP contribution in [0.3, 0.4) is 0 Å². The predicted octanol–water partition coefficient (Wildman–Crippen LogP) is 12.1. The van der Waals surface area contributed by atoms with E-state index in [1.165, 1.54) is 25.0 Å². The summed E-state index contributed by atoms with van der Waals surface area (Å²) in [6.45, 7) is 6.12. The molecule has 0 aliphatic heterocycles. The van der Waals surface area contributed by atoms with Crippen LogP contribution in [0.4, 0.5) is 0 Å². The lowest BCUT2D eigenvalue weighted by atomic mass is 10.0. The van der Waals surface area contributed by atoms with Crippen LogP contribution in [0.1, 0.15) is 69.1 Å². The average molecular weight is 865 g/mol. The standard InChI is InChI=1S/C14H14O2.C13H12O2.C10H10O2.C9H10O2.C8H10O2/c1-15-13-7-3-11(4-8-13)12-5-9-14(16-2)10-6-12;1-9(14)10-3-4-12-8-13(15-2)6-5-11(12)7-10;1-7(11)9-3-5-10(6-4-9)8(2)12;1-7(10)8-3-5-9(11-2)6-4-8;1-9-7-3-5-8(10-2)6-4-7/h3-10H,1-2H3;3-8H,1-2H3;3-6H,1-2H3;3-6H,1-2H3;3-6H,1-2H3. The quantitative estimate of drug-likeness (QED) is 0.116. The summed E-state index contributed by atoms with van der Waals surface area (Å²) in [7, 11) is 9.86. The Balaban J connectivity index is 0.000000215. The number of benzene rings is 7. The first-order valence-corrected chi connectivity index (χ1v) is 20.1. The molecule has 7 rings (SSSR count). The zero-order valence-electron chi connectivity index (χ0n) is 38.1. The van der Waals surface area contributed by atoms with Crippen LogP contribution >= 0.6 is 0 Å². The van der Waals surface area contributed by atoms with Gasteiger partial charge in [0.05, 0.1) is 42.7 Å². The molecule has 0 amide bonds. The summed E-state index contributed by atoms with van der Waals surface area (Å²) in [5.74, 6) is 5.25. The van der Waals surface area contributed by atoms with E-state index < -0.39 is 0 Å². The van der Waals surface area contributed by atoms with Crippen molar-refractivity contribution in [2.24, 2.45) is 0 Å². The molecule has 0 aromatic heterocycles. The zero-order valence-corrected chi connectivity index (χ0v) is 38.1. The topological polar surface area (TPSA) is 124 Å². The van der Waals surface area contributed by atoms with Crippen LogP contribution in [-0.2, 0) is 0 Å². The molecule has 0 unspecified atom stereocenters. The lowest BCUT2D eigenvalue weighted by molar-refractivity contribution is 0.100. The van der Waals surface area contributed by atoms with Crippen molar-refractivity contribution in [2.75, 3.05) is 42.7 Å². The highest BCUT2D eigenvalue weighted by atomic mass is 16.5. The Morgan fingerprint density at radius 2 is 0.484 bits per heavy atom. The molecule has 10 nitrogen and oxygen atoms in total. The van der Waals surface area contributed by atoms with Gasteiger partial charge in [0.25, 0.3) is 0 Å². The predicted molar refractivity (Wildman–Crippen MR) is 254 cm³/mol. The van der Waals surface area contributed by atoms with Gasteiger partial charge in [-0.1, -0.05) is 66.7 Å². The fourth-order valence-electron chi connectivity index (χ4n) is 5.61. The van der Waals surface area contributed by atoms with E-state index in [2.05, 4.69) is 0 Å². The minimum Gasteiger partial charge on any atom is -0.497 e. The third kappa shape index (κ3) is 16.6. The highest BCUT2D eigenvalue weighted by molar-refractivity contribution is 5.99. The monoisotopic (exact) mass is 864 g/mol. The van der Waals surface area contributed by atoms with Gasteiger partial charge in [0, 0.05) is 22.3 Å². The van der Waals surface area contributed by atoms with Crippen LogP contribution < -0.4 is 28.4 Å². The Morgan fingerprint density at radius 1 is 0.266 bits per heavy atom. The average Bonchev–Trinajstić information content (AvgIpc) is 3.34. The second kappa shape index (κ2) is 26.6. The minimum atomic E-state index is 0.0186. The molecule has 64 heavy (non-hydrogen) atoms. The van der Waals surface area contributed by atoms with Crippen molar-refractivity contribution in [3.05, 3.63) is 180 Å². The number of ketones is 4. The Kier molecular flexibility index (Phi) is 21.0. The van der Waals surface area contributed by atoms with E-state index in [1.807, 2.05) is 109 Å². The summed E-state index contributed by atoms with van der Waals surface area (Å²) >= 11 is 0. The van der Waals surface area contributed by atoms with Crippen molar-refractivity contribution in [3.8, 4) is 45.6 Å². The lowest BCUT2D eigenvalue weighted by Crippen LogP contribution is -1.95. The van der Waals surface area contributed by atoms with Crippen molar-refractivity contribution in [1.29, 1.82) is 0 Å². The number of hydrogen-bond donors (Lipinski definition) is 0. The van der Waals surface area contributed by atoms with Crippen molar-refractivity contribution in [2.45, 2.75) is 27.7 Å². The lowest BCUT2D eigenvalue weighted by Gasteiger charge is -2.05. The molecular formula is C54H56O10. The molecule has 7 aromatic rings. The van der Waals surface area contributed by atoms with Crippen LogP contribution in [0.25, 0.3) is 21.9 Å². The first kappa shape index (κ1) is 50.6. The molecular weight excluding hydrogens is 809 g/mol. The maximum Gasteiger partial charge on any atom is 0.159 e. The number of carbonyl (C=O) groups is 4. The number of fused-ring (bicyclic) bond motifs is 1. The maximum absolute atomic E-state index is 11.2. The molecule has 0 aliphatic rings. The number of hydrogen-bond acceptors (Lipinski definition) is 10. The second-order valence-corrected chi connectivity index (χ2v) is 13.8. The Bertz CT molecular complexity index is 2420. The summed E-state index contributed by atoms with van der Waals surface area (Å²) in [6.07, 6.45) is 0. The Morgan fingerprint density at radius 3 is 0.781 bits per heavy atom. The number of rotatable bonds is 11. The maximum atomic E-state index is 11.2. The highest BCUT2D eigenvalue weighted by Gasteiger charge is 2.03. The van der Waals surface area contributed by atoms with Gasteiger partial charge in [-0.25, -0.2) is 0 Å². The third-order valence-corrected chi connectivity index (χ3v) is 9.46. The third-order valence-electron chi connectivity index (χ3n) is 9.46. The molecule has 7 aromatic carbocycles. The second-order valence-electron chi connectivity index (χ2n) is 13.8. The van der Waals surface area contributed by atoms with Gasteiger partial charge in [-0.2, -0.15) is 0 Å². The molecule has 0 saturated heterocycles. The van der Waals surface area contributed by atoms with Gasteiger partial charge >= 0.3 is 0 Å². The van der Waals surface area contributed by atoms with Crippen molar-refractivity contribution in [1.82, 2.24) is 0 Å². The number of ether oxygens (including phenoxy) is 6. The van der Waals surface area contributed by atoms with E-state index in [9.17, 15) is 19.2 Å². The molecule has 0 spiro atoms. The SMILES string of the molecule is CC(=O)c1ccc(C(C)=O)cc1.COc1ccc(-c2ccc(OC)cc2)cc1.COc1ccc(C(C)=O)cc1.COc1ccc(OC)cc1.COc1ccc2cc(C(C)=O)ccc2c1. The normalized spacial score (nSPS) is 9.66. The van der Waals surface area contributed by atoms with Crippen LogP contribution in [0.15, 0.2) is 158 Å². The Labute approximate surface area is 376 Å². The summed E-state index contributed by atoms with van der Waals surface area (Å²) in [5, 5.41) is 2.14. The van der Waals surface area contributed by atoms with Gasteiger partial charge < -0.3 is 28.4 Å². The van der Waals surface area contributed by atoms with Gasteiger partial charge in [-0.05, 0) is 141 Å². The summed E-state index contributed by atoms with van der Waals surface area (Å²) in [6, 6.07) is 48.6. The van der Waals surface area contributed by atoms with E-state index >= 15 is 0 Å². The van der Waals surface area contributed by atoms with Crippen molar-refractivity contribution >= 4 is 33.9 Å². The molecule has 0 bridgehead atoms. The first-order chi connectivity index (χ1) is 30.7. The van der Waals surface area contributed by atoms with Gasteiger partial charge in [-0.15, -0.1) is 0 Å². The van der Waals surface area contributed by atoms with Crippen LogP contribution in [0.5, 0.6) is 34.5 Å². The number of Topliss-reactive ketones (excluding diaryl/α,β-unsaturated/α-hetero) is 4. The molecule has 0 atom stereocenters. The molecule has 0 saturated carbocycles. The summed E-state index contributed by atoms with van der Waals surface area (Å²) in [4.78, 5) is 43.7. The van der Waals surface area contributed by atoms with Gasteiger partial charge in [-0.3, -0.25) is 19.2 Å². The molecule has 0 N–H and O–H groups in total.